The quantitative estimate of drug-likeness (QED) is 0.609. The van der Waals surface area contributed by atoms with Gasteiger partial charge in [-0.15, -0.1) is 0 Å². The van der Waals surface area contributed by atoms with Crippen LogP contribution in [0.4, 0.5) is 13.2 Å². The van der Waals surface area contributed by atoms with E-state index >= 15 is 0 Å². The van der Waals surface area contributed by atoms with E-state index in [0.29, 0.717) is 19.8 Å². The van der Waals surface area contributed by atoms with Crippen molar-refractivity contribution in [3.63, 3.8) is 0 Å². The number of halogens is 3. The fourth-order valence-electron chi connectivity index (χ4n) is 3.01. The summed E-state index contributed by atoms with van der Waals surface area (Å²) in [7, 11) is -4.05. The number of benzene rings is 1. The Labute approximate surface area is 184 Å². The van der Waals surface area contributed by atoms with Crippen LogP contribution in [0.1, 0.15) is 41.4 Å². The van der Waals surface area contributed by atoms with Crippen molar-refractivity contribution in [1.29, 1.82) is 0 Å². The first-order chi connectivity index (χ1) is 14.8. The minimum Gasteiger partial charge on any atom is -0.438 e. The molecule has 1 aliphatic rings. The van der Waals surface area contributed by atoms with Crippen LogP contribution in [0, 0.1) is 12.8 Å². The highest BCUT2D eigenvalue weighted by Gasteiger charge is 2.34. The number of aryl methyl sites for hydroxylation is 1. The molecule has 1 aromatic heterocycles. The van der Waals surface area contributed by atoms with Crippen molar-refractivity contribution in [3.8, 4) is 11.6 Å². The topological polar surface area (TPSA) is 85.4 Å². The number of hydrogen-bond donors (Lipinski definition) is 1. The average Bonchev–Trinajstić information content (AvgIpc) is 3.51. The average molecular weight is 468 g/mol. The fraction of sp³-hybridized carbons (Fsp3) is 0.364. The molecule has 1 aliphatic carbocycles. The second-order valence-corrected chi connectivity index (χ2v) is 9.87. The third kappa shape index (κ3) is 6.09. The number of carbonyl (C=O) groups is 1. The number of nitrogens with one attached hydrogen (secondary N) is 1. The van der Waals surface area contributed by atoms with Crippen molar-refractivity contribution in [1.82, 2.24) is 10.3 Å². The van der Waals surface area contributed by atoms with E-state index < -0.39 is 44.3 Å². The maximum atomic E-state index is 14.1. The Morgan fingerprint density at radius 1 is 1.28 bits per heavy atom. The summed E-state index contributed by atoms with van der Waals surface area (Å²) in [6.45, 7) is 2.50. The van der Waals surface area contributed by atoms with Gasteiger partial charge in [0.1, 0.15) is 11.4 Å². The van der Waals surface area contributed by atoms with E-state index in [2.05, 4.69) is 10.3 Å². The molecule has 1 atom stereocenters. The first-order valence-corrected chi connectivity index (χ1v) is 11.8. The number of sulfone groups is 1. The van der Waals surface area contributed by atoms with Crippen LogP contribution in [-0.2, 0) is 15.8 Å². The Bertz CT molecular complexity index is 1160. The summed E-state index contributed by atoms with van der Waals surface area (Å²) in [6.07, 6.45) is 2.96. The Hall–Kier alpha value is -2.88. The van der Waals surface area contributed by atoms with Gasteiger partial charge in [-0.1, -0.05) is 12.1 Å². The van der Waals surface area contributed by atoms with E-state index in [0.717, 1.165) is 30.0 Å². The van der Waals surface area contributed by atoms with Gasteiger partial charge in [0.25, 0.3) is 11.8 Å². The number of pyridine rings is 1. The number of amides is 1. The van der Waals surface area contributed by atoms with E-state index in [4.69, 9.17) is 4.74 Å². The van der Waals surface area contributed by atoms with Crippen molar-refractivity contribution in [2.24, 2.45) is 5.92 Å². The summed E-state index contributed by atoms with van der Waals surface area (Å²) in [5, 5.41) is 1.19. The molecule has 0 spiro atoms. The first-order valence-electron chi connectivity index (χ1n) is 9.86. The number of rotatable bonds is 8. The summed E-state index contributed by atoms with van der Waals surface area (Å²) < 4.78 is 70.4. The Morgan fingerprint density at radius 3 is 2.53 bits per heavy atom. The van der Waals surface area contributed by atoms with Crippen molar-refractivity contribution < 1.29 is 31.1 Å². The van der Waals surface area contributed by atoms with Gasteiger partial charge in [0, 0.05) is 13.2 Å². The van der Waals surface area contributed by atoms with Gasteiger partial charge >= 0.3 is 0 Å². The molecule has 0 bridgehead atoms. The van der Waals surface area contributed by atoms with Gasteiger partial charge < -0.3 is 10.1 Å². The van der Waals surface area contributed by atoms with E-state index in [9.17, 15) is 26.4 Å². The molecular weight excluding hydrogens is 445 g/mol. The maximum absolute atomic E-state index is 14.1. The van der Waals surface area contributed by atoms with E-state index in [1.807, 2.05) is 0 Å². The molecule has 0 saturated heterocycles. The molecular formula is C22H23F3N2O4S. The number of nitrogens with zero attached hydrogens (tertiary/aromatic N) is 1. The van der Waals surface area contributed by atoms with Crippen LogP contribution >= 0.6 is 0 Å². The molecule has 1 fully saturated rings. The van der Waals surface area contributed by atoms with Crippen LogP contribution in [0.3, 0.4) is 0 Å². The third-order valence-electron chi connectivity index (χ3n) is 4.86. The molecule has 32 heavy (non-hydrogen) atoms. The lowest BCUT2D eigenvalue weighted by atomic mass is 10.1. The van der Waals surface area contributed by atoms with Gasteiger partial charge in [0.05, 0.1) is 11.6 Å². The zero-order chi connectivity index (χ0) is 23.7. The van der Waals surface area contributed by atoms with Crippen molar-refractivity contribution in [2.45, 2.75) is 38.7 Å². The molecule has 0 radical (unpaired) electrons. The molecule has 1 amide bonds. The van der Waals surface area contributed by atoms with Gasteiger partial charge in [-0.25, -0.2) is 22.2 Å². The van der Waals surface area contributed by atoms with Crippen LogP contribution in [0.25, 0.3) is 0 Å². The lowest BCUT2D eigenvalue weighted by molar-refractivity contribution is 0.0149. The summed E-state index contributed by atoms with van der Waals surface area (Å²) in [6, 6.07) is 7.99. The standard InChI is InChI=1S/C22H23F3N2O4S/c1-13-5-4-6-15(11-13)31-21-16(22(2,24)25)9-10-17(27-21)20(28)26-18(14-7-8-14)12-19(23)32(3,29)30/h4-6,9-12,14,18H,7-8H2,1-3H3,(H,26,28)/b19-12+/t18-/m1/s1. The molecule has 0 unspecified atom stereocenters. The van der Waals surface area contributed by atoms with Crippen LogP contribution in [-0.4, -0.2) is 31.6 Å². The van der Waals surface area contributed by atoms with Crippen molar-refractivity contribution in [3.05, 3.63) is 64.5 Å². The highest BCUT2D eigenvalue weighted by Crippen LogP contribution is 2.36. The fourth-order valence-corrected chi connectivity index (χ4v) is 3.40. The highest BCUT2D eigenvalue weighted by molar-refractivity contribution is 7.94. The van der Waals surface area contributed by atoms with Gasteiger partial charge in [-0.2, -0.15) is 4.39 Å². The number of carbonyl (C=O) groups excluding carboxylic acids is 1. The largest absolute Gasteiger partial charge is 0.438 e. The van der Waals surface area contributed by atoms with Gasteiger partial charge in [-0.05, 0) is 61.6 Å². The SMILES string of the molecule is Cc1cccc(Oc2nc(C(=O)N[C@H](/C=C(\F)S(C)(=O)=O)C3CC3)ccc2C(C)(F)F)c1. The molecule has 3 rings (SSSR count). The van der Waals surface area contributed by atoms with Gasteiger partial charge in [0.15, 0.2) is 0 Å². The number of ether oxygens (including phenoxy) is 1. The summed E-state index contributed by atoms with van der Waals surface area (Å²) in [5.74, 6) is -4.32. The van der Waals surface area contributed by atoms with Crippen LogP contribution in [0.15, 0.2) is 47.6 Å². The number of hydrogen-bond acceptors (Lipinski definition) is 5. The summed E-state index contributed by atoms with van der Waals surface area (Å²) >= 11 is 0. The molecule has 2 aromatic rings. The lowest BCUT2D eigenvalue weighted by Crippen LogP contribution is -2.36. The molecule has 1 saturated carbocycles. The highest BCUT2D eigenvalue weighted by atomic mass is 32.2. The van der Waals surface area contributed by atoms with Crippen LogP contribution in [0.5, 0.6) is 11.6 Å². The second-order valence-electron chi connectivity index (χ2n) is 7.94. The predicted octanol–water partition coefficient (Wildman–Crippen LogP) is 4.66. The van der Waals surface area contributed by atoms with Crippen LogP contribution in [0.2, 0.25) is 0 Å². The Morgan fingerprint density at radius 2 is 1.97 bits per heavy atom. The van der Waals surface area contributed by atoms with E-state index in [1.54, 1.807) is 31.2 Å². The summed E-state index contributed by atoms with van der Waals surface area (Å²) in [4.78, 5) is 16.7. The Balaban J connectivity index is 1.90. The predicted molar refractivity (Wildman–Crippen MR) is 113 cm³/mol. The monoisotopic (exact) mass is 468 g/mol. The lowest BCUT2D eigenvalue weighted by Gasteiger charge is -2.18. The Kier molecular flexibility index (Phi) is 6.64. The van der Waals surface area contributed by atoms with Gasteiger partial charge in [0.2, 0.25) is 20.9 Å². The van der Waals surface area contributed by atoms with E-state index in [-0.39, 0.29) is 17.4 Å². The molecule has 1 N–H and O–H groups in total. The van der Waals surface area contributed by atoms with Crippen molar-refractivity contribution >= 4 is 15.7 Å². The number of alkyl halides is 2. The molecule has 0 aliphatic heterocycles. The smallest absolute Gasteiger partial charge is 0.275 e. The maximum Gasteiger partial charge on any atom is 0.275 e. The molecule has 1 heterocycles. The zero-order valence-electron chi connectivity index (χ0n) is 17.7. The molecule has 1 aromatic carbocycles. The normalized spacial score (nSPS) is 15.9. The van der Waals surface area contributed by atoms with Gasteiger partial charge in [-0.3, -0.25) is 4.79 Å². The van der Waals surface area contributed by atoms with E-state index in [1.165, 1.54) is 0 Å². The van der Waals surface area contributed by atoms with Crippen LogP contribution < -0.4 is 10.1 Å². The number of aromatic nitrogens is 1. The third-order valence-corrected chi connectivity index (χ3v) is 5.71. The minimum absolute atomic E-state index is 0.117. The van der Waals surface area contributed by atoms with Crippen molar-refractivity contribution in [2.75, 3.05) is 6.26 Å². The molecule has 172 valence electrons. The summed E-state index contributed by atoms with van der Waals surface area (Å²) in [5.41, 5.74) is 0.116. The molecule has 6 nitrogen and oxygen atoms in total. The second kappa shape index (κ2) is 8.93. The first kappa shape index (κ1) is 23.8. The zero-order valence-corrected chi connectivity index (χ0v) is 18.5. The minimum atomic E-state index is -4.05. The molecule has 10 heteroatoms.